The van der Waals surface area contributed by atoms with Gasteiger partial charge in [0, 0.05) is 25.6 Å². The normalized spacial score (nSPS) is 40.6. The van der Waals surface area contributed by atoms with Crippen molar-refractivity contribution in [2.45, 2.75) is 44.1 Å². The standard InChI is InChI=1S/C14H24N2O2/c17-13(11-4-7-15-9-11)16-8-6-14(18)5-2-1-3-12(14)10-16/h11-12,15,18H,1-10H2. The Balaban J connectivity index is 1.64. The first-order chi connectivity index (χ1) is 8.69. The first-order valence-electron chi connectivity index (χ1n) is 7.41. The molecule has 3 aliphatic rings. The van der Waals surface area contributed by atoms with Gasteiger partial charge < -0.3 is 15.3 Å². The van der Waals surface area contributed by atoms with Gasteiger partial charge in [-0.05, 0) is 32.2 Å². The summed E-state index contributed by atoms with van der Waals surface area (Å²) in [5.74, 6) is 0.811. The van der Waals surface area contributed by atoms with E-state index in [9.17, 15) is 9.90 Å². The highest BCUT2D eigenvalue weighted by Crippen LogP contribution is 2.40. The molecule has 0 aromatic rings. The molecule has 3 unspecified atom stereocenters. The Bertz CT molecular complexity index is 328. The van der Waals surface area contributed by atoms with E-state index in [2.05, 4.69) is 5.32 Å². The van der Waals surface area contributed by atoms with Gasteiger partial charge in [-0.25, -0.2) is 0 Å². The number of piperidine rings is 1. The van der Waals surface area contributed by atoms with Crippen molar-refractivity contribution in [3.63, 3.8) is 0 Å². The zero-order valence-corrected chi connectivity index (χ0v) is 11.0. The number of aliphatic hydroxyl groups is 1. The number of hydrogen-bond acceptors (Lipinski definition) is 3. The molecule has 0 spiro atoms. The molecule has 0 radical (unpaired) electrons. The Kier molecular flexibility index (Phi) is 3.32. The van der Waals surface area contributed by atoms with Crippen molar-refractivity contribution in [3.05, 3.63) is 0 Å². The monoisotopic (exact) mass is 252 g/mol. The third-order valence-corrected chi connectivity index (χ3v) is 5.15. The molecule has 0 bridgehead atoms. The van der Waals surface area contributed by atoms with Gasteiger partial charge in [-0.2, -0.15) is 0 Å². The van der Waals surface area contributed by atoms with Gasteiger partial charge in [0.15, 0.2) is 0 Å². The van der Waals surface area contributed by atoms with Crippen LogP contribution in [0.15, 0.2) is 0 Å². The van der Waals surface area contributed by atoms with Gasteiger partial charge in [-0.1, -0.05) is 12.8 Å². The SMILES string of the molecule is O=C(C1CCNC1)N1CCC2(O)CCCCC2C1. The minimum absolute atomic E-state index is 0.180. The second kappa shape index (κ2) is 4.82. The number of carbonyl (C=O) groups is 1. The Hall–Kier alpha value is -0.610. The summed E-state index contributed by atoms with van der Waals surface area (Å²) >= 11 is 0. The summed E-state index contributed by atoms with van der Waals surface area (Å²) in [4.78, 5) is 14.4. The summed E-state index contributed by atoms with van der Waals surface area (Å²) in [6.45, 7) is 3.34. The molecule has 4 nitrogen and oxygen atoms in total. The molecule has 1 amide bonds. The van der Waals surface area contributed by atoms with Crippen molar-refractivity contribution in [1.29, 1.82) is 0 Å². The van der Waals surface area contributed by atoms with Gasteiger partial charge in [-0.15, -0.1) is 0 Å². The number of carbonyl (C=O) groups excluding carboxylic acids is 1. The maximum Gasteiger partial charge on any atom is 0.227 e. The van der Waals surface area contributed by atoms with Crippen molar-refractivity contribution in [1.82, 2.24) is 10.2 Å². The van der Waals surface area contributed by atoms with E-state index >= 15 is 0 Å². The van der Waals surface area contributed by atoms with Crippen molar-refractivity contribution in [2.75, 3.05) is 26.2 Å². The van der Waals surface area contributed by atoms with Gasteiger partial charge in [0.1, 0.15) is 0 Å². The second-order valence-electron chi connectivity index (χ2n) is 6.27. The molecule has 2 N–H and O–H groups in total. The number of nitrogens with one attached hydrogen (secondary N) is 1. The van der Waals surface area contributed by atoms with Crippen LogP contribution in [0.5, 0.6) is 0 Å². The van der Waals surface area contributed by atoms with Crippen LogP contribution in [0.25, 0.3) is 0 Å². The van der Waals surface area contributed by atoms with Crippen LogP contribution >= 0.6 is 0 Å². The van der Waals surface area contributed by atoms with Crippen LogP contribution in [0.2, 0.25) is 0 Å². The number of nitrogens with zero attached hydrogens (tertiary/aromatic N) is 1. The Labute approximate surface area is 109 Å². The van der Waals surface area contributed by atoms with Gasteiger partial charge >= 0.3 is 0 Å². The van der Waals surface area contributed by atoms with Gasteiger partial charge in [-0.3, -0.25) is 4.79 Å². The lowest BCUT2D eigenvalue weighted by molar-refractivity contribution is -0.146. The van der Waals surface area contributed by atoms with E-state index in [1.165, 1.54) is 6.42 Å². The molecular formula is C14H24N2O2. The van der Waals surface area contributed by atoms with Gasteiger partial charge in [0.05, 0.1) is 11.5 Å². The summed E-state index contributed by atoms with van der Waals surface area (Å²) in [6, 6.07) is 0. The third kappa shape index (κ3) is 2.16. The van der Waals surface area contributed by atoms with Crippen LogP contribution in [0.3, 0.4) is 0 Å². The van der Waals surface area contributed by atoms with Crippen LogP contribution in [-0.2, 0) is 4.79 Å². The first-order valence-corrected chi connectivity index (χ1v) is 7.41. The van der Waals surface area contributed by atoms with E-state index in [-0.39, 0.29) is 5.92 Å². The molecule has 2 heterocycles. The molecule has 3 atom stereocenters. The minimum atomic E-state index is -0.469. The average Bonchev–Trinajstić information content (AvgIpc) is 2.90. The summed E-state index contributed by atoms with van der Waals surface area (Å²) in [6.07, 6.45) is 6.13. The molecule has 18 heavy (non-hydrogen) atoms. The molecule has 3 rings (SSSR count). The number of amides is 1. The molecule has 0 aromatic carbocycles. The quantitative estimate of drug-likeness (QED) is 0.724. The number of rotatable bonds is 1. The maximum atomic E-state index is 12.4. The van der Waals surface area contributed by atoms with Gasteiger partial charge in [0.25, 0.3) is 0 Å². The highest BCUT2D eigenvalue weighted by molar-refractivity contribution is 5.79. The lowest BCUT2D eigenvalue weighted by Gasteiger charge is -2.47. The highest BCUT2D eigenvalue weighted by Gasteiger charge is 2.44. The fraction of sp³-hybridized carbons (Fsp3) is 0.929. The zero-order valence-electron chi connectivity index (χ0n) is 11.0. The molecule has 0 aromatic heterocycles. The van der Waals surface area contributed by atoms with E-state index in [0.29, 0.717) is 11.8 Å². The summed E-state index contributed by atoms with van der Waals surface area (Å²) in [5, 5.41) is 13.9. The molecule has 1 saturated carbocycles. The van der Waals surface area contributed by atoms with Crippen LogP contribution in [0.1, 0.15) is 38.5 Å². The molecule has 102 valence electrons. The topological polar surface area (TPSA) is 52.6 Å². The largest absolute Gasteiger partial charge is 0.389 e. The van der Waals surface area contributed by atoms with E-state index in [0.717, 1.165) is 58.3 Å². The molecule has 4 heteroatoms. The molecule has 2 saturated heterocycles. The fourth-order valence-electron chi connectivity index (χ4n) is 3.89. The van der Waals surface area contributed by atoms with Gasteiger partial charge in [0.2, 0.25) is 5.91 Å². The van der Waals surface area contributed by atoms with Crippen LogP contribution in [0.4, 0.5) is 0 Å². The van der Waals surface area contributed by atoms with Crippen molar-refractivity contribution >= 4 is 5.91 Å². The van der Waals surface area contributed by atoms with Crippen LogP contribution in [0, 0.1) is 11.8 Å². The Morgan fingerprint density at radius 1 is 1.28 bits per heavy atom. The van der Waals surface area contributed by atoms with Crippen molar-refractivity contribution < 1.29 is 9.90 Å². The summed E-state index contributed by atoms with van der Waals surface area (Å²) in [5.41, 5.74) is -0.469. The van der Waals surface area contributed by atoms with Crippen LogP contribution in [-0.4, -0.2) is 47.7 Å². The van der Waals surface area contributed by atoms with E-state index in [4.69, 9.17) is 0 Å². The Morgan fingerprint density at radius 3 is 2.94 bits per heavy atom. The zero-order chi connectivity index (χ0) is 12.6. The van der Waals surface area contributed by atoms with Crippen molar-refractivity contribution in [3.8, 4) is 0 Å². The number of fused-ring (bicyclic) bond motifs is 1. The first kappa shape index (κ1) is 12.4. The highest BCUT2D eigenvalue weighted by atomic mass is 16.3. The Morgan fingerprint density at radius 2 is 2.17 bits per heavy atom. The minimum Gasteiger partial charge on any atom is -0.389 e. The van der Waals surface area contributed by atoms with Crippen molar-refractivity contribution in [2.24, 2.45) is 11.8 Å². The van der Waals surface area contributed by atoms with E-state index < -0.39 is 5.60 Å². The van der Waals surface area contributed by atoms with Crippen LogP contribution < -0.4 is 5.32 Å². The molecule has 3 fully saturated rings. The summed E-state index contributed by atoms with van der Waals surface area (Å²) < 4.78 is 0. The summed E-state index contributed by atoms with van der Waals surface area (Å²) in [7, 11) is 0. The molecular weight excluding hydrogens is 228 g/mol. The molecule has 2 aliphatic heterocycles. The fourth-order valence-corrected chi connectivity index (χ4v) is 3.89. The lowest BCUT2D eigenvalue weighted by atomic mass is 9.71. The lowest BCUT2D eigenvalue weighted by Crippen LogP contribution is -2.55. The van der Waals surface area contributed by atoms with E-state index in [1.54, 1.807) is 0 Å². The third-order valence-electron chi connectivity index (χ3n) is 5.15. The number of likely N-dealkylation sites (tertiary alicyclic amines) is 1. The smallest absolute Gasteiger partial charge is 0.227 e. The molecule has 1 aliphatic carbocycles. The predicted octanol–water partition coefficient (Wildman–Crippen LogP) is 0.749. The number of hydrogen-bond donors (Lipinski definition) is 2. The maximum absolute atomic E-state index is 12.4. The second-order valence-corrected chi connectivity index (χ2v) is 6.27. The average molecular weight is 252 g/mol. The van der Waals surface area contributed by atoms with E-state index in [1.807, 2.05) is 4.90 Å². The predicted molar refractivity (Wildman–Crippen MR) is 69.1 cm³/mol.